The summed E-state index contributed by atoms with van der Waals surface area (Å²) in [6, 6.07) is 0. The predicted octanol–water partition coefficient (Wildman–Crippen LogP) is 1.30. The Labute approximate surface area is 87.8 Å². The Kier molecular flexibility index (Phi) is 6.15. The van der Waals surface area contributed by atoms with Crippen molar-refractivity contribution < 1.29 is 4.74 Å². The summed E-state index contributed by atoms with van der Waals surface area (Å²) in [7, 11) is 1.78. The highest BCUT2D eigenvalue weighted by Crippen LogP contribution is 2.15. The number of likely N-dealkylation sites (tertiary alicyclic amines) is 1. The van der Waals surface area contributed by atoms with Gasteiger partial charge in [0.05, 0.1) is 6.73 Å². The van der Waals surface area contributed by atoms with Gasteiger partial charge < -0.3 is 10.1 Å². The standard InChI is InChI=1S/C11H24N2O/c1-3-6-12-8-11-5-4-7-13(9-11)10-14-2/h11-12H,3-10H2,1-2H3. The summed E-state index contributed by atoms with van der Waals surface area (Å²) < 4.78 is 5.16. The lowest BCUT2D eigenvalue weighted by atomic mass is 9.98. The van der Waals surface area contributed by atoms with Gasteiger partial charge in [-0.05, 0) is 38.3 Å². The second kappa shape index (κ2) is 7.21. The maximum Gasteiger partial charge on any atom is 0.0986 e. The molecular weight excluding hydrogens is 176 g/mol. The molecule has 3 heteroatoms. The van der Waals surface area contributed by atoms with E-state index < -0.39 is 0 Å². The monoisotopic (exact) mass is 200 g/mol. The molecule has 1 atom stereocenters. The molecule has 0 bridgehead atoms. The van der Waals surface area contributed by atoms with Crippen molar-refractivity contribution in [2.45, 2.75) is 26.2 Å². The molecule has 0 amide bonds. The third-order valence-corrected chi connectivity index (χ3v) is 2.77. The Morgan fingerprint density at radius 3 is 3.07 bits per heavy atom. The maximum absolute atomic E-state index is 5.16. The van der Waals surface area contributed by atoms with E-state index in [9.17, 15) is 0 Å². The zero-order chi connectivity index (χ0) is 10.2. The number of hydrogen-bond donors (Lipinski definition) is 1. The smallest absolute Gasteiger partial charge is 0.0986 e. The van der Waals surface area contributed by atoms with Gasteiger partial charge in [-0.3, -0.25) is 4.90 Å². The van der Waals surface area contributed by atoms with Gasteiger partial charge in [-0.25, -0.2) is 0 Å². The summed E-state index contributed by atoms with van der Waals surface area (Å²) in [5.74, 6) is 0.824. The number of methoxy groups -OCH3 is 1. The highest BCUT2D eigenvalue weighted by atomic mass is 16.5. The van der Waals surface area contributed by atoms with Crippen LogP contribution in [0.2, 0.25) is 0 Å². The van der Waals surface area contributed by atoms with Gasteiger partial charge in [0.15, 0.2) is 0 Å². The lowest BCUT2D eigenvalue weighted by Gasteiger charge is -2.32. The minimum atomic E-state index is 0.796. The van der Waals surface area contributed by atoms with Crippen molar-refractivity contribution in [2.75, 3.05) is 40.0 Å². The van der Waals surface area contributed by atoms with Crippen LogP contribution in [0.4, 0.5) is 0 Å². The van der Waals surface area contributed by atoms with E-state index in [2.05, 4.69) is 17.1 Å². The summed E-state index contributed by atoms with van der Waals surface area (Å²) in [6.07, 6.45) is 3.92. The number of piperidine rings is 1. The van der Waals surface area contributed by atoms with E-state index >= 15 is 0 Å². The number of nitrogens with one attached hydrogen (secondary N) is 1. The van der Waals surface area contributed by atoms with Crippen molar-refractivity contribution in [1.29, 1.82) is 0 Å². The van der Waals surface area contributed by atoms with Crippen LogP contribution in [0.15, 0.2) is 0 Å². The van der Waals surface area contributed by atoms with Gasteiger partial charge in [-0.15, -0.1) is 0 Å². The molecule has 1 saturated heterocycles. The second-order valence-electron chi connectivity index (χ2n) is 4.21. The fourth-order valence-corrected chi connectivity index (χ4v) is 2.10. The van der Waals surface area contributed by atoms with Crippen LogP contribution < -0.4 is 5.32 Å². The first-order chi connectivity index (χ1) is 6.86. The SMILES string of the molecule is CCCNCC1CCCN(COC)C1. The Hall–Kier alpha value is -0.120. The highest BCUT2D eigenvalue weighted by Gasteiger charge is 2.18. The van der Waals surface area contributed by atoms with E-state index in [0.717, 1.165) is 19.2 Å². The summed E-state index contributed by atoms with van der Waals surface area (Å²) in [5, 5.41) is 3.50. The molecule has 0 radical (unpaired) electrons. The Balaban J connectivity index is 2.12. The van der Waals surface area contributed by atoms with E-state index in [4.69, 9.17) is 4.74 Å². The van der Waals surface area contributed by atoms with Gasteiger partial charge in [-0.2, -0.15) is 0 Å². The molecule has 0 aromatic rings. The van der Waals surface area contributed by atoms with Crippen molar-refractivity contribution in [3.63, 3.8) is 0 Å². The quantitative estimate of drug-likeness (QED) is 0.654. The zero-order valence-corrected chi connectivity index (χ0v) is 9.59. The molecule has 0 aromatic heterocycles. The van der Waals surface area contributed by atoms with Crippen molar-refractivity contribution in [3.8, 4) is 0 Å². The zero-order valence-electron chi connectivity index (χ0n) is 9.59. The van der Waals surface area contributed by atoms with Crippen molar-refractivity contribution >= 4 is 0 Å². The molecule has 0 spiro atoms. The van der Waals surface area contributed by atoms with Gasteiger partial charge in [0.2, 0.25) is 0 Å². The molecule has 3 nitrogen and oxygen atoms in total. The van der Waals surface area contributed by atoms with Crippen LogP contribution in [0.25, 0.3) is 0 Å². The fraction of sp³-hybridized carbons (Fsp3) is 1.00. The van der Waals surface area contributed by atoms with E-state index in [-0.39, 0.29) is 0 Å². The average molecular weight is 200 g/mol. The molecule has 1 unspecified atom stereocenters. The first kappa shape index (κ1) is 12.0. The first-order valence-corrected chi connectivity index (χ1v) is 5.78. The third-order valence-electron chi connectivity index (χ3n) is 2.77. The van der Waals surface area contributed by atoms with Gasteiger partial charge in [0.25, 0.3) is 0 Å². The molecule has 1 aliphatic heterocycles. The van der Waals surface area contributed by atoms with Crippen LogP contribution in [-0.4, -0.2) is 44.9 Å². The summed E-state index contributed by atoms with van der Waals surface area (Å²) >= 11 is 0. The normalized spacial score (nSPS) is 24.0. The molecule has 1 aliphatic rings. The van der Waals surface area contributed by atoms with Crippen LogP contribution >= 0.6 is 0 Å². The van der Waals surface area contributed by atoms with Crippen LogP contribution in [0, 0.1) is 5.92 Å². The molecule has 1 N–H and O–H groups in total. The van der Waals surface area contributed by atoms with Gasteiger partial charge in [0, 0.05) is 20.2 Å². The van der Waals surface area contributed by atoms with Gasteiger partial charge in [-0.1, -0.05) is 6.92 Å². The van der Waals surface area contributed by atoms with Crippen LogP contribution in [0.5, 0.6) is 0 Å². The van der Waals surface area contributed by atoms with E-state index in [0.29, 0.717) is 0 Å². The van der Waals surface area contributed by atoms with E-state index in [1.54, 1.807) is 7.11 Å². The summed E-state index contributed by atoms with van der Waals surface area (Å²) in [5.41, 5.74) is 0. The van der Waals surface area contributed by atoms with Crippen LogP contribution in [0.1, 0.15) is 26.2 Å². The number of hydrogen-bond acceptors (Lipinski definition) is 3. The summed E-state index contributed by atoms with van der Waals surface area (Å²) in [6.45, 7) is 7.74. The third kappa shape index (κ3) is 4.40. The van der Waals surface area contributed by atoms with Crippen LogP contribution in [0.3, 0.4) is 0 Å². The van der Waals surface area contributed by atoms with Gasteiger partial charge >= 0.3 is 0 Å². The van der Waals surface area contributed by atoms with Crippen LogP contribution in [-0.2, 0) is 4.74 Å². The highest BCUT2D eigenvalue weighted by molar-refractivity contribution is 4.73. The second-order valence-corrected chi connectivity index (χ2v) is 4.21. The number of ether oxygens (including phenoxy) is 1. The van der Waals surface area contributed by atoms with Crippen molar-refractivity contribution in [2.24, 2.45) is 5.92 Å². The molecule has 14 heavy (non-hydrogen) atoms. The molecule has 1 fully saturated rings. The van der Waals surface area contributed by atoms with E-state index in [1.807, 2.05) is 0 Å². The molecule has 0 saturated carbocycles. The minimum absolute atomic E-state index is 0.796. The topological polar surface area (TPSA) is 24.5 Å². The number of rotatable bonds is 6. The maximum atomic E-state index is 5.16. The number of nitrogens with zero attached hydrogens (tertiary/aromatic N) is 1. The molecule has 1 rings (SSSR count). The Morgan fingerprint density at radius 2 is 2.36 bits per heavy atom. The fourth-order valence-electron chi connectivity index (χ4n) is 2.10. The summed E-state index contributed by atoms with van der Waals surface area (Å²) in [4.78, 5) is 2.40. The first-order valence-electron chi connectivity index (χ1n) is 5.78. The molecule has 1 heterocycles. The Bertz CT molecular complexity index is 139. The lowest BCUT2D eigenvalue weighted by Crippen LogP contribution is -2.40. The van der Waals surface area contributed by atoms with Gasteiger partial charge in [0.1, 0.15) is 0 Å². The minimum Gasteiger partial charge on any atom is -0.369 e. The average Bonchev–Trinajstić information content (AvgIpc) is 2.19. The molecule has 0 aliphatic carbocycles. The molecular formula is C11H24N2O. The molecule has 84 valence electrons. The van der Waals surface area contributed by atoms with Crippen molar-refractivity contribution in [3.05, 3.63) is 0 Å². The van der Waals surface area contributed by atoms with E-state index in [1.165, 1.54) is 38.9 Å². The Morgan fingerprint density at radius 1 is 1.50 bits per heavy atom. The van der Waals surface area contributed by atoms with Crippen molar-refractivity contribution in [1.82, 2.24) is 10.2 Å². The molecule has 0 aromatic carbocycles. The lowest BCUT2D eigenvalue weighted by molar-refractivity contribution is 0.0343. The predicted molar refractivity (Wildman–Crippen MR) is 59.3 cm³/mol. The largest absolute Gasteiger partial charge is 0.369 e.